The number of carbonyl (C=O) groups is 2. The van der Waals surface area contributed by atoms with Gasteiger partial charge in [-0.2, -0.15) is 0 Å². The highest BCUT2D eigenvalue weighted by Crippen LogP contribution is 2.67. The summed E-state index contributed by atoms with van der Waals surface area (Å²) in [6.45, 7) is 6.94. The molecule has 4 aliphatic rings. The van der Waals surface area contributed by atoms with E-state index in [0.717, 1.165) is 38.5 Å². The Morgan fingerprint density at radius 2 is 1.93 bits per heavy atom. The number of aliphatic hydroxyl groups is 1. The molecule has 0 aromatic carbocycles. The van der Waals surface area contributed by atoms with Crippen LogP contribution in [0.3, 0.4) is 0 Å². The Balaban J connectivity index is 1.54. The molecule has 29 heavy (non-hydrogen) atoms. The average Bonchev–Trinajstić information content (AvgIpc) is 3.06. The third-order valence-electron chi connectivity index (χ3n) is 10.3. The van der Waals surface area contributed by atoms with E-state index in [4.69, 9.17) is 4.74 Å². The van der Waals surface area contributed by atoms with E-state index in [1.807, 2.05) is 0 Å². The van der Waals surface area contributed by atoms with Gasteiger partial charge in [-0.3, -0.25) is 9.59 Å². The van der Waals surface area contributed by atoms with E-state index in [1.54, 1.807) is 0 Å². The fourth-order valence-electron chi connectivity index (χ4n) is 8.53. The standard InChI is InChI=1S/C25H40O4/c1-15(5-10-23(28)29-4)19-8-9-20-18-7-6-16-13-17(26)11-12-24(16,2)21(18)14-22(27)25(19,20)3/h15-21,26H,5-14H2,1-4H3/t15-,16?,17-,18+,19-,20+,21+,24+,25-/m1/s1. The van der Waals surface area contributed by atoms with Gasteiger partial charge in [0, 0.05) is 18.3 Å². The van der Waals surface area contributed by atoms with Crippen LogP contribution in [0.2, 0.25) is 0 Å². The summed E-state index contributed by atoms with van der Waals surface area (Å²) in [5.41, 5.74) is 0.0157. The monoisotopic (exact) mass is 404 g/mol. The second-order valence-corrected chi connectivity index (χ2v) is 11.3. The van der Waals surface area contributed by atoms with Crippen LogP contribution >= 0.6 is 0 Å². The first-order valence-electron chi connectivity index (χ1n) is 12.0. The van der Waals surface area contributed by atoms with E-state index in [2.05, 4.69) is 20.8 Å². The molecule has 1 N–H and O–H groups in total. The number of Topliss-reactive ketones (excluding diaryl/α,β-unsaturated/α-hetero) is 1. The van der Waals surface area contributed by atoms with Gasteiger partial charge >= 0.3 is 5.97 Å². The van der Waals surface area contributed by atoms with Gasteiger partial charge in [-0.1, -0.05) is 20.8 Å². The first-order chi connectivity index (χ1) is 13.7. The molecule has 4 saturated carbocycles. The highest BCUT2D eigenvalue weighted by Gasteiger charge is 2.63. The lowest BCUT2D eigenvalue weighted by atomic mass is 9.44. The summed E-state index contributed by atoms with van der Waals surface area (Å²) >= 11 is 0. The van der Waals surface area contributed by atoms with Gasteiger partial charge in [0.15, 0.2) is 0 Å². The molecule has 0 radical (unpaired) electrons. The van der Waals surface area contributed by atoms with E-state index in [9.17, 15) is 14.7 Å². The predicted molar refractivity (Wildman–Crippen MR) is 112 cm³/mol. The van der Waals surface area contributed by atoms with Gasteiger partial charge in [-0.05, 0) is 92.3 Å². The maximum absolute atomic E-state index is 13.7. The number of methoxy groups -OCH3 is 1. The van der Waals surface area contributed by atoms with Crippen molar-refractivity contribution in [3.05, 3.63) is 0 Å². The van der Waals surface area contributed by atoms with Crippen molar-refractivity contribution in [2.75, 3.05) is 7.11 Å². The molecule has 164 valence electrons. The van der Waals surface area contributed by atoms with Gasteiger partial charge < -0.3 is 9.84 Å². The Morgan fingerprint density at radius 3 is 2.66 bits per heavy atom. The van der Waals surface area contributed by atoms with Crippen LogP contribution in [0.1, 0.15) is 85.0 Å². The molecule has 4 nitrogen and oxygen atoms in total. The molecule has 1 unspecified atom stereocenters. The molecule has 9 atom stereocenters. The summed E-state index contributed by atoms with van der Waals surface area (Å²) in [6.07, 6.45) is 9.53. The zero-order valence-electron chi connectivity index (χ0n) is 18.8. The summed E-state index contributed by atoms with van der Waals surface area (Å²) in [6, 6.07) is 0. The predicted octanol–water partition coefficient (Wildman–Crippen LogP) is 4.77. The Morgan fingerprint density at radius 1 is 1.17 bits per heavy atom. The third-order valence-corrected chi connectivity index (χ3v) is 10.3. The Bertz CT molecular complexity index is 659. The number of rotatable bonds is 4. The summed E-state index contributed by atoms with van der Waals surface area (Å²) in [7, 11) is 1.45. The molecule has 0 aliphatic heterocycles. The molecule has 0 spiro atoms. The van der Waals surface area contributed by atoms with Crippen LogP contribution in [0, 0.1) is 46.3 Å². The van der Waals surface area contributed by atoms with E-state index >= 15 is 0 Å². The maximum Gasteiger partial charge on any atom is 0.305 e. The van der Waals surface area contributed by atoms with Crippen LogP contribution in [0.4, 0.5) is 0 Å². The number of ether oxygens (including phenoxy) is 1. The normalized spacial score (nSPS) is 47.7. The lowest BCUT2D eigenvalue weighted by Gasteiger charge is -2.60. The largest absolute Gasteiger partial charge is 0.469 e. The van der Waals surface area contributed by atoms with Crippen molar-refractivity contribution < 1.29 is 19.4 Å². The van der Waals surface area contributed by atoms with Crippen molar-refractivity contribution in [2.45, 2.75) is 91.1 Å². The summed E-state index contributed by atoms with van der Waals surface area (Å²) < 4.78 is 4.83. The molecular formula is C25H40O4. The second-order valence-electron chi connectivity index (χ2n) is 11.3. The fourth-order valence-corrected chi connectivity index (χ4v) is 8.53. The van der Waals surface area contributed by atoms with Gasteiger partial charge in [0.1, 0.15) is 5.78 Å². The quantitative estimate of drug-likeness (QED) is 0.685. The van der Waals surface area contributed by atoms with Crippen LogP contribution in [-0.4, -0.2) is 30.1 Å². The molecule has 0 saturated heterocycles. The van der Waals surface area contributed by atoms with E-state index in [0.29, 0.717) is 47.7 Å². The first kappa shape index (κ1) is 21.3. The number of ketones is 1. The van der Waals surface area contributed by atoms with Crippen LogP contribution in [0.25, 0.3) is 0 Å². The molecule has 0 heterocycles. The smallest absolute Gasteiger partial charge is 0.305 e. The van der Waals surface area contributed by atoms with E-state index in [1.165, 1.54) is 26.4 Å². The number of hydrogen-bond donors (Lipinski definition) is 1. The van der Waals surface area contributed by atoms with Gasteiger partial charge in [-0.25, -0.2) is 0 Å². The van der Waals surface area contributed by atoms with Gasteiger partial charge in [0.05, 0.1) is 13.2 Å². The Kier molecular flexibility index (Phi) is 5.63. The minimum Gasteiger partial charge on any atom is -0.469 e. The van der Waals surface area contributed by atoms with E-state index in [-0.39, 0.29) is 22.9 Å². The molecule has 0 amide bonds. The van der Waals surface area contributed by atoms with Crippen molar-refractivity contribution in [2.24, 2.45) is 46.3 Å². The number of esters is 1. The van der Waals surface area contributed by atoms with E-state index < -0.39 is 0 Å². The van der Waals surface area contributed by atoms with Crippen molar-refractivity contribution in [1.29, 1.82) is 0 Å². The molecule has 4 heteroatoms. The summed E-state index contributed by atoms with van der Waals surface area (Å²) in [5.74, 6) is 3.37. The molecular weight excluding hydrogens is 364 g/mol. The zero-order valence-corrected chi connectivity index (χ0v) is 18.8. The molecule has 4 rings (SSSR count). The highest BCUT2D eigenvalue weighted by molar-refractivity contribution is 5.87. The van der Waals surface area contributed by atoms with Crippen molar-refractivity contribution in [3.63, 3.8) is 0 Å². The number of fused-ring (bicyclic) bond motifs is 5. The lowest BCUT2D eigenvalue weighted by Crippen LogP contribution is -2.57. The molecule has 0 aromatic rings. The SMILES string of the molecule is COC(=O)CC[C@@H](C)[C@H]1CC[C@H]2[C@@H]3CCC4C[C@H](O)CC[C@]4(C)[C@H]3CC(=O)[C@]12C. The Hall–Kier alpha value is -0.900. The number of carbonyl (C=O) groups excluding carboxylic acids is 2. The zero-order chi connectivity index (χ0) is 21.0. The molecule has 0 bridgehead atoms. The van der Waals surface area contributed by atoms with Crippen molar-refractivity contribution >= 4 is 11.8 Å². The van der Waals surface area contributed by atoms with Crippen LogP contribution in [-0.2, 0) is 14.3 Å². The van der Waals surface area contributed by atoms with Gasteiger partial charge in [0.25, 0.3) is 0 Å². The van der Waals surface area contributed by atoms with Crippen LogP contribution < -0.4 is 0 Å². The fraction of sp³-hybridized carbons (Fsp3) is 0.920. The Labute approximate surface area is 176 Å². The average molecular weight is 405 g/mol. The summed E-state index contributed by atoms with van der Waals surface area (Å²) in [5, 5.41) is 10.2. The second kappa shape index (κ2) is 7.66. The first-order valence-corrected chi connectivity index (χ1v) is 12.0. The maximum atomic E-state index is 13.7. The van der Waals surface area contributed by atoms with Crippen molar-refractivity contribution in [1.82, 2.24) is 0 Å². The minimum absolute atomic E-state index is 0.138. The number of hydrogen-bond acceptors (Lipinski definition) is 4. The minimum atomic E-state index is -0.214. The number of aliphatic hydroxyl groups excluding tert-OH is 1. The molecule has 4 fully saturated rings. The third kappa shape index (κ3) is 3.28. The van der Waals surface area contributed by atoms with Gasteiger partial charge in [0.2, 0.25) is 0 Å². The van der Waals surface area contributed by atoms with Gasteiger partial charge in [-0.15, -0.1) is 0 Å². The molecule has 4 aliphatic carbocycles. The highest BCUT2D eigenvalue weighted by atomic mass is 16.5. The lowest BCUT2D eigenvalue weighted by molar-refractivity contribution is -0.160. The topological polar surface area (TPSA) is 63.6 Å². The molecule has 0 aromatic heterocycles. The van der Waals surface area contributed by atoms with Crippen molar-refractivity contribution in [3.8, 4) is 0 Å². The summed E-state index contributed by atoms with van der Waals surface area (Å²) in [4.78, 5) is 25.3. The van der Waals surface area contributed by atoms with Crippen LogP contribution in [0.15, 0.2) is 0 Å². The van der Waals surface area contributed by atoms with Crippen LogP contribution in [0.5, 0.6) is 0 Å².